The molecule has 0 spiro atoms. The van der Waals surface area contributed by atoms with Crippen molar-refractivity contribution in [3.05, 3.63) is 23.7 Å². The lowest BCUT2D eigenvalue weighted by atomic mass is 10.2. The Morgan fingerprint density at radius 3 is 2.71 bits per heavy atom. The first-order valence-corrected chi connectivity index (χ1v) is 9.02. The SMILES string of the molecule is Cc1ccc(C(CNC(=O)N(C)CC(O)C2CC2)N2CCCC2)o1. The molecule has 1 saturated carbocycles. The maximum Gasteiger partial charge on any atom is 0.317 e. The standard InChI is InChI=1S/C18H29N3O3/c1-13-5-8-17(24-13)15(21-9-3-4-10-21)11-19-18(23)20(2)12-16(22)14-6-7-14/h5,8,14-16,22H,3-4,6-7,9-12H2,1-2H3,(H,19,23). The number of aliphatic hydroxyl groups excluding tert-OH is 1. The van der Waals surface area contributed by atoms with E-state index in [4.69, 9.17) is 4.42 Å². The Morgan fingerprint density at radius 1 is 1.42 bits per heavy atom. The molecule has 0 bridgehead atoms. The first kappa shape index (κ1) is 17.3. The highest BCUT2D eigenvalue weighted by Gasteiger charge is 2.31. The number of furan rings is 1. The van der Waals surface area contributed by atoms with E-state index in [9.17, 15) is 9.90 Å². The summed E-state index contributed by atoms with van der Waals surface area (Å²) in [5.74, 6) is 2.18. The van der Waals surface area contributed by atoms with E-state index >= 15 is 0 Å². The maximum atomic E-state index is 12.3. The van der Waals surface area contributed by atoms with E-state index in [1.165, 1.54) is 12.8 Å². The van der Waals surface area contributed by atoms with Crippen LogP contribution in [0.3, 0.4) is 0 Å². The number of carbonyl (C=O) groups is 1. The largest absolute Gasteiger partial charge is 0.465 e. The van der Waals surface area contributed by atoms with Crippen LogP contribution in [0.5, 0.6) is 0 Å². The van der Waals surface area contributed by atoms with E-state index in [0.29, 0.717) is 19.0 Å². The molecule has 1 aromatic rings. The molecule has 134 valence electrons. The second-order valence-electron chi connectivity index (χ2n) is 7.18. The fraction of sp³-hybridized carbons (Fsp3) is 0.722. The van der Waals surface area contributed by atoms with Gasteiger partial charge in [-0.05, 0) is 63.7 Å². The zero-order valence-electron chi connectivity index (χ0n) is 14.7. The number of amides is 2. The monoisotopic (exact) mass is 335 g/mol. The molecule has 3 rings (SSSR count). The predicted molar refractivity (Wildman–Crippen MR) is 91.8 cm³/mol. The summed E-state index contributed by atoms with van der Waals surface area (Å²) >= 11 is 0. The van der Waals surface area contributed by atoms with Gasteiger partial charge in [0.2, 0.25) is 0 Å². The number of likely N-dealkylation sites (N-methyl/N-ethyl adjacent to an activating group) is 1. The van der Waals surface area contributed by atoms with Crippen molar-refractivity contribution in [2.75, 3.05) is 33.2 Å². The van der Waals surface area contributed by atoms with Gasteiger partial charge in [0.1, 0.15) is 11.5 Å². The van der Waals surface area contributed by atoms with Crippen LogP contribution in [0.2, 0.25) is 0 Å². The molecular weight excluding hydrogens is 306 g/mol. The van der Waals surface area contributed by atoms with Gasteiger partial charge in [-0.1, -0.05) is 0 Å². The number of rotatable bonds is 7. The second-order valence-corrected chi connectivity index (χ2v) is 7.18. The van der Waals surface area contributed by atoms with E-state index in [2.05, 4.69) is 10.2 Å². The molecule has 1 aromatic heterocycles. The number of likely N-dealkylation sites (tertiary alicyclic amines) is 1. The van der Waals surface area contributed by atoms with Gasteiger partial charge in [-0.25, -0.2) is 4.79 Å². The molecule has 1 saturated heterocycles. The van der Waals surface area contributed by atoms with Crippen LogP contribution in [0.1, 0.15) is 43.2 Å². The zero-order chi connectivity index (χ0) is 17.1. The van der Waals surface area contributed by atoms with Crippen LogP contribution in [0.4, 0.5) is 4.79 Å². The summed E-state index contributed by atoms with van der Waals surface area (Å²) in [6.07, 6.45) is 4.13. The molecule has 1 aliphatic heterocycles. The highest BCUT2D eigenvalue weighted by molar-refractivity contribution is 5.73. The van der Waals surface area contributed by atoms with Crippen molar-refractivity contribution < 1.29 is 14.3 Å². The summed E-state index contributed by atoms with van der Waals surface area (Å²) < 4.78 is 5.81. The van der Waals surface area contributed by atoms with Crippen molar-refractivity contribution in [3.8, 4) is 0 Å². The number of carbonyl (C=O) groups excluding carboxylic acids is 1. The average Bonchev–Trinajstić information content (AvgIpc) is 3.11. The van der Waals surface area contributed by atoms with Crippen molar-refractivity contribution >= 4 is 6.03 Å². The zero-order valence-corrected chi connectivity index (χ0v) is 14.7. The Balaban J connectivity index is 1.55. The first-order valence-electron chi connectivity index (χ1n) is 9.02. The van der Waals surface area contributed by atoms with E-state index in [1.54, 1.807) is 11.9 Å². The van der Waals surface area contributed by atoms with Crippen LogP contribution in [0.25, 0.3) is 0 Å². The Hall–Kier alpha value is -1.53. The molecule has 2 heterocycles. The Bertz CT molecular complexity index is 549. The fourth-order valence-corrected chi connectivity index (χ4v) is 3.41. The predicted octanol–water partition coefficient (Wildman–Crippen LogP) is 2.14. The van der Waals surface area contributed by atoms with Gasteiger partial charge in [-0.3, -0.25) is 4.90 Å². The number of hydrogen-bond donors (Lipinski definition) is 2. The van der Waals surface area contributed by atoms with Crippen molar-refractivity contribution in [1.29, 1.82) is 0 Å². The molecule has 2 fully saturated rings. The number of nitrogens with one attached hydrogen (secondary N) is 1. The molecule has 2 unspecified atom stereocenters. The Kier molecular flexibility index (Phi) is 5.46. The molecule has 0 aromatic carbocycles. The van der Waals surface area contributed by atoms with Gasteiger partial charge in [0.05, 0.1) is 12.1 Å². The van der Waals surface area contributed by atoms with Crippen molar-refractivity contribution in [2.24, 2.45) is 5.92 Å². The lowest BCUT2D eigenvalue weighted by molar-refractivity contribution is 0.112. The topological polar surface area (TPSA) is 69.0 Å². The molecule has 2 atom stereocenters. The Labute approximate surface area is 143 Å². The molecule has 24 heavy (non-hydrogen) atoms. The molecule has 2 aliphatic rings. The van der Waals surface area contributed by atoms with Gasteiger partial charge in [0.15, 0.2) is 0 Å². The van der Waals surface area contributed by atoms with Crippen LogP contribution in [0, 0.1) is 12.8 Å². The van der Waals surface area contributed by atoms with Gasteiger partial charge in [0, 0.05) is 20.1 Å². The van der Waals surface area contributed by atoms with Gasteiger partial charge in [0.25, 0.3) is 0 Å². The van der Waals surface area contributed by atoms with E-state index < -0.39 is 6.10 Å². The van der Waals surface area contributed by atoms with Crippen molar-refractivity contribution in [1.82, 2.24) is 15.1 Å². The van der Waals surface area contributed by atoms with Crippen LogP contribution in [-0.2, 0) is 0 Å². The van der Waals surface area contributed by atoms with Crippen molar-refractivity contribution in [3.63, 3.8) is 0 Å². The lowest BCUT2D eigenvalue weighted by Crippen LogP contribution is -2.44. The summed E-state index contributed by atoms with van der Waals surface area (Å²) in [5.41, 5.74) is 0. The lowest BCUT2D eigenvalue weighted by Gasteiger charge is -2.27. The van der Waals surface area contributed by atoms with Crippen LogP contribution in [-0.4, -0.2) is 60.3 Å². The highest BCUT2D eigenvalue weighted by Crippen LogP contribution is 2.32. The minimum absolute atomic E-state index is 0.0758. The summed E-state index contributed by atoms with van der Waals surface area (Å²) in [5, 5.41) is 13.0. The van der Waals surface area contributed by atoms with E-state index in [0.717, 1.165) is 37.5 Å². The number of aryl methyl sites for hydroxylation is 1. The summed E-state index contributed by atoms with van der Waals surface area (Å²) in [6, 6.07) is 3.91. The molecule has 2 amide bonds. The minimum atomic E-state index is -0.400. The van der Waals surface area contributed by atoms with Crippen molar-refractivity contribution in [2.45, 2.75) is 44.8 Å². The maximum absolute atomic E-state index is 12.3. The third kappa shape index (κ3) is 4.30. The third-order valence-electron chi connectivity index (χ3n) is 5.09. The first-order chi connectivity index (χ1) is 11.5. The molecule has 2 N–H and O–H groups in total. The summed E-state index contributed by atoms with van der Waals surface area (Å²) in [6.45, 7) is 4.93. The quantitative estimate of drug-likeness (QED) is 0.801. The summed E-state index contributed by atoms with van der Waals surface area (Å²) in [7, 11) is 1.74. The minimum Gasteiger partial charge on any atom is -0.465 e. The number of urea groups is 1. The molecule has 0 radical (unpaired) electrons. The molecule has 6 nitrogen and oxygen atoms in total. The van der Waals surface area contributed by atoms with Crippen LogP contribution in [0.15, 0.2) is 16.5 Å². The summed E-state index contributed by atoms with van der Waals surface area (Å²) in [4.78, 5) is 16.3. The van der Waals surface area contributed by atoms with Gasteiger partial charge in [-0.2, -0.15) is 0 Å². The van der Waals surface area contributed by atoms with Crippen LogP contribution >= 0.6 is 0 Å². The molecule has 1 aliphatic carbocycles. The van der Waals surface area contributed by atoms with E-state index in [-0.39, 0.29) is 12.1 Å². The van der Waals surface area contributed by atoms with Gasteiger partial charge < -0.3 is 19.7 Å². The van der Waals surface area contributed by atoms with Gasteiger partial charge in [-0.15, -0.1) is 0 Å². The van der Waals surface area contributed by atoms with E-state index in [1.807, 2.05) is 19.1 Å². The third-order valence-corrected chi connectivity index (χ3v) is 5.09. The Morgan fingerprint density at radius 2 is 2.12 bits per heavy atom. The average molecular weight is 335 g/mol. The highest BCUT2D eigenvalue weighted by atomic mass is 16.3. The normalized spacial score (nSPS) is 20.8. The number of aliphatic hydroxyl groups is 1. The number of hydrogen-bond acceptors (Lipinski definition) is 4. The van der Waals surface area contributed by atoms with Crippen LogP contribution < -0.4 is 5.32 Å². The number of nitrogens with zero attached hydrogens (tertiary/aromatic N) is 2. The molecular formula is C18H29N3O3. The van der Waals surface area contributed by atoms with Gasteiger partial charge >= 0.3 is 6.03 Å². The molecule has 6 heteroatoms. The second kappa shape index (κ2) is 7.57. The fourth-order valence-electron chi connectivity index (χ4n) is 3.41. The smallest absolute Gasteiger partial charge is 0.317 e.